The number of methoxy groups -OCH3 is 1. The Labute approximate surface area is 187 Å². The van der Waals surface area contributed by atoms with Crippen LogP contribution in [0.5, 0.6) is 5.75 Å². The number of carbonyl (C=O) groups excluding carboxylic acids is 3. The second-order valence-corrected chi connectivity index (χ2v) is 7.43. The van der Waals surface area contributed by atoms with E-state index < -0.39 is 24.0 Å². The average molecular weight is 443 g/mol. The number of aromatic hydroxyl groups is 1. The van der Waals surface area contributed by atoms with Gasteiger partial charge in [-0.3, -0.25) is 9.59 Å². The molecule has 2 atom stereocenters. The summed E-state index contributed by atoms with van der Waals surface area (Å²) < 4.78 is 9.62. The van der Waals surface area contributed by atoms with E-state index in [0.29, 0.717) is 19.4 Å². The Morgan fingerprint density at radius 3 is 2.50 bits per heavy atom. The molecule has 0 heterocycles. The lowest BCUT2D eigenvalue weighted by Crippen LogP contribution is -2.53. The first kappa shape index (κ1) is 24.9. The number of aryl methyl sites for hydroxylation is 2. The summed E-state index contributed by atoms with van der Waals surface area (Å²) in [5, 5.41) is 15.6. The maximum atomic E-state index is 12.8. The lowest BCUT2D eigenvalue weighted by atomic mass is 10.1. The summed E-state index contributed by atoms with van der Waals surface area (Å²) in [6.45, 7) is 2.41. The highest BCUT2D eigenvalue weighted by Crippen LogP contribution is 2.18. The fourth-order valence-corrected chi connectivity index (χ4v) is 3.20. The van der Waals surface area contributed by atoms with Gasteiger partial charge in [0.15, 0.2) is 0 Å². The molecular formula is C24H30N2O6. The molecule has 0 saturated carbocycles. The van der Waals surface area contributed by atoms with Crippen molar-refractivity contribution in [2.75, 3.05) is 20.3 Å². The normalized spacial score (nSPS) is 12.4. The number of rotatable bonds is 13. The van der Waals surface area contributed by atoms with E-state index in [-0.39, 0.29) is 25.2 Å². The van der Waals surface area contributed by atoms with E-state index in [1.807, 2.05) is 49.4 Å². The number of hydrogen-bond donors (Lipinski definition) is 3. The van der Waals surface area contributed by atoms with E-state index in [9.17, 15) is 19.5 Å². The largest absolute Gasteiger partial charge is 0.508 e. The molecule has 2 aromatic rings. The predicted molar refractivity (Wildman–Crippen MR) is 119 cm³/mol. The van der Waals surface area contributed by atoms with Crippen molar-refractivity contribution in [1.82, 2.24) is 10.6 Å². The summed E-state index contributed by atoms with van der Waals surface area (Å²) in [7, 11) is 1.26. The smallest absolute Gasteiger partial charge is 0.328 e. The van der Waals surface area contributed by atoms with Crippen LogP contribution in [0.4, 0.5) is 0 Å². The van der Waals surface area contributed by atoms with Crippen LogP contribution in [0.1, 0.15) is 23.1 Å². The van der Waals surface area contributed by atoms with Crippen molar-refractivity contribution in [2.24, 2.45) is 0 Å². The third kappa shape index (κ3) is 8.03. The second-order valence-electron chi connectivity index (χ2n) is 7.43. The maximum absolute atomic E-state index is 12.8. The van der Waals surface area contributed by atoms with E-state index in [2.05, 4.69) is 10.6 Å². The van der Waals surface area contributed by atoms with E-state index in [1.165, 1.54) is 7.11 Å². The molecule has 32 heavy (non-hydrogen) atoms. The molecule has 0 unspecified atom stereocenters. The molecule has 0 radical (unpaired) electrons. The fourth-order valence-electron chi connectivity index (χ4n) is 3.20. The summed E-state index contributed by atoms with van der Waals surface area (Å²) in [6, 6.07) is 13.1. The van der Waals surface area contributed by atoms with Gasteiger partial charge in [-0.1, -0.05) is 42.5 Å². The van der Waals surface area contributed by atoms with Crippen molar-refractivity contribution >= 4 is 18.3 Å². The highest BCUT2D eigenvalue weighted by atomic mass is 16.5. The average Bonchev–Trinajstić information content (AvgIpc) is 2.80. The number of hydrogen-bond acceptors (Lipinski definition) is 7. The van der Waals surface area contributed by atoms with Gasteiger partial charge in [-0.25, -0.2) is 4.79 Å². The number of phenolic OH excluding ortho intramolecular Hbond substituents is 1. The van der Waals surface area contributed by atoms with Crippen LogP contribution in [0.2, 0.25) is 0 Å². The van der Waals surface area contributed by atoms with Crippen LogP contribution in [0.3, 0.4) is 0 Å². The first-order chi connectivity index (χ1) is 15.4. The topological polar surface area (TPSA) is 114 Å². The number of phenols is 1. The quantitative estimate of drug-likeness (QED) is 0.246. The third-order valence-electron chi connectivity index (χ3n) is 5.04. The Kier molecular flexibility index (Phi) is 10.2. The van der Waals surface area contributed by atoms with Gasteiger partial charge in [-0.2, -0.15) is 0 Å². The van der Waals surface area contributed by atoms with E-state index >= 15 is 0 Å². The van der Waals surface area contributed by atoms with Crippen molar-refractivity contribution in [1.29, 1.82) is 0 Å². The predicted octanol–water partition coefficient (Wildman–Crippen LogP) is 1.66. The summed E-state index contributed by atoms with van der Waals surface area (Å²) >= 11 is 0. The van der Waals surface area contributed by atoms with Crippen LogP contribution in [0, 0.1) is 6.92 Å². The molecule has 0 aliphatic heterocycles. The third-order valence-corrected chi connectivity index (χ3v) is 5.04. The van der Waals surface area contributed by atoms with Crippen molar-refractivity contribution in [2.45, 2.75) is 38.3 Å². The van der Waals surface area contributed by atoms with Crippen LogP contribution in [-0.4, -0.2) is 55.8 Å². The molecule has 0 spiro atoms. The number of ether oxygens (including phenoxy) is 2. The minimum atomic E-state index is -0.869. The van der Waals surface area contributed by atoms with Crippen molar-refractivity contribution in [3.8, 4) is 5.75 Å². The number of esters is 1. The molecule has 0 aromatic heterocycles. The molecule has 1 amide bonds. The van der Waals surface area contributed by atoms with Gasteiger partial charge >= 0.3 is 5.97 Å². The first-order valence-electron chi connectivity index (χ1n) is 10.4. The molecule has 8 heteroatoms. The first-order valence-corrected chi connectivity index (χ1v) is 10.4. The number of carbonyl (C=O) groups is 3. The number of amides is 1. The number of nitrogens with one attached hydrogen (secondary N) is 2. The molecule has 0 aliphatic carbocycles. The van der Waals surface area contributed by atoms with Crippen LogP contribution in [0.25, 0.3) is 0 Å². The minimum absolute atomic E-state index is 0.167. The van der Waals surface area contributed by atoms with Crippen LogP contribution in [0.15, 0.2) is 48.5 Å². The summed E-state index contributed by atoms with van der Waals surface area (Å²) in [6.07, 6.45) is 1.66. The Morgan fingerprint density at radius 2 is 1.84 bits per heavy atom. The summed E-state index contributed by atoms with van der Waals surface area (Å²) in [5.74, 6) is -0.776. The molecule has 0 saturated heterocycles. The molecule has 0 aliphatic rings. The number of benzene rings is 2. The molecule has 3 N–H and O–H groups in total. The van der Waals surface area contributed by atoms with Crippen molar-refractivity contribution in [3.63, 3.8) is 0 Å². The summed E-state index contributed by atoms with van der Waals surface area (Å²) in [5.41, 5.74) is 2.66. The molecular weight excluding hydrogens is 412 g/mol. The maximum Gasteiger partial charge on any atom is 0.328 e. The zero-order valence-corrected chi connectivity index (χ0v) is 18.4. The molecule has 0 fully saturated rings. The Balaban J connectivity index is 1.94. The lowest BCUT2D eigenvalue weighted by molar-refractivity contribution is -0.145. The summed E-state index contributed by atoms with van der Waals surface area (Å²) in [4.78, 5) is 35.6. The van der Waals surface area contributed by atoms with E-state index in [0.717, 1.165) is 16.7 Å². The van der Waals surface area contributed by atoms with Gasteiger partial charge in [-0.15, -0.1) is 0 Å². The second kappa shape index (κ2) is 13.1. The molecule has 0 bridgehead atoms. The highest BCUT2D eigenvalue weighted by molar-refractivity contribution is 5.87. The Hall–Kier alpha value is -3.39. The monoisotopic (exact) mass is 442 g/mol. The van der Waals surface area contributed by atoms with Gasteiger partial charge in [0.1, 0.15) is 24.4 Å². The zero-order valence-electron chi connectivity index (χ0n) is 18.4. The van der Waals surface area contributed by atoms with Gasteiger partial charge < -0.3 is 25.2 Å². The Bertz CT molecular complexity index is 887. The van der Waals surface area contributed by atoms with Gasteiger partial charge in [0.25, 0.3) is 6.47 Å². The van der Waals surface area contributed by atoms with Crippen molar-refractivity contribution in [3.05, 3.63) is 65.2 Å². The van der Waals surface area contributed by atoms with Gasteiger partial charge in [0, 0.05) is 6.42 Å². The Morgan fingerprint density at radius 1 is 1.09 bits per heavy atom. The van der Waals surface area contributed by atoms with Gasteiger partial charge in [-0.05, 0) is 49.1 Å². The SMILES string of the molecule is COC(=O)[C@@H](Cc1ccccc1)NC(=O)[C@@H](COC=O)NCCCc1ccc(C)c(O)c1. The van der Waals surface area contributed by atoms with Gasteiger partial charge in [0.05, 0.1) is 7.11 Å². The van der Waals surface area contributed by atoms with Crippen LogP contribution in [-0.2, 0) is 36.7 Å². The van der Waals surface area contributed by atoms with Crippen LogP contribution < -0.4 is 10.6 Å². The van der Waals surface area contributed by atoms with E-state index in [1.54, 1.807) is 6.07 Å². The van der Waals surface area contributed by atoms with E-state index in [4.69, 9.17) is 9.47 Å². The van der Waals surface area contributed by atoms with Crippen LogP contribution >= 0.6 is 0 Å². The lowest BCUT2D eigenvalue weighted by Gasteiger charge is -2.22. The molecule has 172 valence electrons. The molecule has 8 nitrogen and oxygen atoms in total. The standard InChI is InChI=1S/C24H30N2O6/c1-17-10-11-19(14-22(17)28)9-6-12-25-21(15-32-16-27)23(29)26-20(24(30)31-2)13-18-7-4-3-5-8-18/h3-5,7-8,10-11,14,16,20-21,25,28H,6,9,12-13,15H2,1-2H3,(H,26,29)/t20-,21-/m1/s1. The minimum Gasteiger partial charge on any atom is -0.508 e. The highest BCUT2D eigenvalue weighted by Gasteiger charge is 2.26. The zero-order chi connectivity index (χ0) is 23.3. The van der Waals surface area contributed by atoms with Crippen molar-refractivity contribution < 1.29 is 29.0 Å². The fraction of sp³-hybridized carbons (Fsp3) is 0.375. The van der Waals surface area contributed by atoms with Gasteiger partial charge in [0.2, 0.25) is 5.91 Å². The molecule has 2 rings (SSSR count). The molecule has 2 aromatic carbocycles.